The van der Waals surface area contributed by atoms with Crippen molar-refractivity contribution >= 4 is 6.01 Å². The maximum atomic E-state index is 5.26. The lowest BCUT2D eigenvalue weighted by Gasteiger charge is -1.92. The van der Waals surface area contributed by atoms with E-state index in [1.54, 1.807) is 17.1 Å². The van der Waals surface area contributed by atoms with Crippen molar-refractivity contribution < 1.29 is 4.42 Å². The summed E-state index contributed by atoms with van der Waals surface area (Å²) in [6, 6.07) is 0.0613. The van der Waals surface area contributed by atoms with Crippen molar-refractivity contribution in [2.75, 3.05) is 5.73 Å². The highest BCUT2D eigenvalue weighted by molar-refractivity contribution is 5.45. The first-order valence-corrected chi connectivity index (χ1v) is 3.33. The number of hydrogen-bond acceptors (Lipinski definition) is 5. The fourth-order valence-electron chi connectivity index (χ4n) is 0.901. The van der Waals surface area contributed by atoms with E-state index < -0.39 is 0 Å². The summed E-state index contributed by atoms with van der Waals surface area (Å²) < 4.78 is 6.77. The molecule has 0 fully saturated rings. The predicted octanol–water partition coefficient (Wildman–Crippen LogP) is 0.0523. The van der Waals surface area contributed by atoms with Crippen LogP contribution < -0.4 is 5.73 Å². The van der Waals surface area contributed by atoms with Gasteiger partial charge in [-0.3, -0.25) is 0 Å². The molecule has 0 bridgehead atoms. The standard InChI is InChI=1S/C6H7N5O/c1-11-3-8-2-4(11)5-9-10-6(7)12-5/h2-3H,1H3,(H2,7,10). The second-order valence-electron chi connectivity index (χ2n) is 2.34. The van der Waals surface area contributed by atoms with E-state index >= 15 is 0 Å². The average Bonchev–Trinajstić information content (AvgIpc) is 2.58. The van der Waals surface area contributed by atoms with E-state index in [4.69, 9.17) is 10.2 Å². The summed E-state index contributed by atoms with van der Waals surface area (Å²) in [6.45, 7) is 0. The molecule has 62 valence electrons. The van der Waals surface area contributed by atoms with E-state index in [1.807, 2.05) is 7.05 Å². The topological polar surface area (TPSA) is 82.8 Å². The van der Waals surface area contributed by atoms with Crippen LogP contribution in [0.1, 0.15) is 0 Å². The van der Waals surface area contributed by atoms with E-state index in [9.17, 15) is 0 Å². The van der Waals surface area contributed by atoms with Crippen LogP contribution in [-0.2, 0) is 7.05 Å². The van der Waals surface area contributed by atoms with Crippen molar-refractivity contribution in [1.29, 1.82) is 0 Å². The number of rotatable bonds is 1. The number of aromatic nitrogens is 4. The smallest absolute Gasteiger partial charge is 0.313 e. The minimum atomic E-state index is 0.0613. The third kappa shape index (κ3) is 0.931. The summed E-state index contributed by atoms with van der Waals surface area (Å²) in [5, 5.41) is 7.25. The monoisotopic (exact) mass is 165 g/mol. The summed E-state index contributed by atoms with van der Waals surface area (Å²) in [5.41, 5.74) is 6.01. The van der Waals surface area contributed by atoms with Gasteiger partial charge < -0.3 is 14.7 Å². The van der Waals surface area contributed by atoms with Gasteiger partial charge in [0.25, 0.3) is 5.89 Å². The molecule has 0 aromatic carbocycles. The maximum absolute atomic E-state index is 5.26. The summed E-state index contributed by atoms with van der Waals surface area (Å²) >= 11 is 0. The van der Waals surface area contributed by atoms with Gasteiger partial charge in [0.05, 0.1) is 12.5 Å². The van der Waals surface area contributed by atoms with Crippen LogP contribution in [0.3, 0.4) is 0 Å². The first-order chi connectivity index (χ1) is 5.77. The average molecular weight is 165 g/mol. The molecule has 0 saturated heterocycles. The van der Waals surface area contributed by atoms with E-state index in [0.29, 0.717) is 5.89 Å². The molecule has 2 rings (SSSR count). The molecule has 2 aromatic rings. The fraction of sp³-hybridized carbons (Fsp3) is 0.167. The molecule has 2 heterocycles. The Kier molecular flexibility index (Phi) is 1.33. The summed E-state index contributed by atoms with van der Waals surface area (Å²) in [7, 11) is 1.84. The molecule has 0 saturated carbocycles. The Morgan fingerprint density at radius 2 is 2.33 bits per heavy atom. The fourth-order valence-corrected chi connectivity index (χ4v) is 0.901. The van der Waals surface area contributed by atoms with Crippen molar-refractivity contribution in [3.63, 3.8) is 0 Å². The number of nitrogens with zero attached hydrogens (tertiary/aromatic N) is 4. The molecule has 0 radical (unpaired) electrons. The molecule has 0 aliphatic heterocycles. The third-order valence-corrected chi connectivity index (χ3v) is 1.48. The molecule has 0 spiro atoms. The lowest BCUT2D eigenvalue weighted by molar-refractivity contribution is 0.584. The number of imidazole rings is 1. The molecular weight excluding hydrogens is 158 g/mol. The first-order valence-electron chi connectivity index (χ1n) is 3.33. The number of nitrogens with two attached hydrogens (primary N) is 1. The van der Waals surface area contributed by atoms with E-state index in [2.05, 4.69) is 15.2 Å². The van der Waals surface area contributed by atoms with Crippen molar-refractivity contribution in [2.45, 2.75) is 0 Å². The zero-order chi connectivity index (χ0) is 8.55. The Hall–Kier alpha value is -1.85. The lowest BCUT2D eigenvalue weighted by atomic mass is 10.5. The summed E-state index contributed by atoms with van der Waals surface area (Å²) in [5.74, 6) is 0.382. The van der Waals surface area contributed by atoms with Crippen molar-refractivity contribution in [3.8, 4) is 11.6 Å². The van der Waals surface area contributed by atoms with Gasteiger partial charge in [0, 0.05) is 7.05 Å². The molecule has 0 unspecified atom stereocenters. The van der Waals surface area contributed by atoms with Crippen molar-refractivity contribution in [2.24, 2.45) is 7.05 Å². The third-order valence-electron chi connectivity index (χ3n) is 1.48. The van der Waals surface area contributed by atoms with Gasteiger partial charge in [-0.05, 0) is 0 Å². The van der Waals surface area contributed by atoms with Crippen LogP contribution >= 0.6 is 0 Å². The van der Waals surface area contributed by atoms with Gasteiger partial charge >= 0.3 is 6.01 Å². The highest BCUT2D eigenvalue weighted by Gasteiger charge is 2.08. The van der Waals surface area contributed by atoms with Crippen LogP contribution in [0.25, 0.3) is 11.6 Å². The zero-order valence-electron chi connectivity index (χ0n) is 6.43. The van der Waals surface area contributed by atoms with Crippen molar-refractivity contribution in [3.05, 3.63) is 12.5 Å². The minimum absolute atomic E-state index is 0.0613. The zero-order valence-corrected chi connectivity index (χ0v) is 6.43. The molecule has 2 N–H and O–H groups in total. The van der Waals surface area contributed by atoms with Crippen LogP contribution in [0.2, 0.25) is 0 Å². The van der Waals surface area contributed by atoms with Crippen LogP contribution in [0.5, 0.6) is 0 Å². The molecule has 0 amide bonds. The molecule has 0 atom stereocenters. The van der Waals surface area contributed by atoms with Crippen LogP contribution in [0.4, 0.5) is 6.01 Å². The van der Waals surface area contributed by atoms with Gasteiger partial charge in [0.1, 0.15) is 5.69 Å². The van der Waals surface area contributed by atoms with E-state index in [-0.39, 0.29) is 6.01 Å². The quantitative estimate of drug-likeness (QED) is 0.645. The lowest BCUT2D eigenvalue weighted by Crippen LogP contribution is -1.88. The van der Waals surface area contributed by atoms with E-state index in [0.717, 1.165) is 5.69 Å². The molecule has 6 heteroatoms. The van der Waals surface area contributed by atoms with Gasteiger partial charge in [0.15, 0.2) is 0 Å². The SMILES string of the molecule is Cn1cncc1-c1nnc(N)o1. The molecule has 2 aromatic heterocycles. The van der Waals surface area contributed by atoms with Crippen LogP contribution in [0, 0.1) is 0 Å². The molecule has 12 heavy (non-hydrogen) atoms. The number of nitrogen functional groups attached to an aromatic ring is 1. The van der Waals surface area contributed by atoms with Gasteiger partial charge in [-0.1, -0.05) is 5.10 Å². The summed E-state index contributed by atoms with van der Waals surface area (Å²) in [6.07, 6.45) is 3.28. The predicted molar refractivity (Wildman–Crippen MR) is 40.9 cm³/mol. The number of anilines is 1. The minimum Gasteiger partial charge on any atom is -0.402 e. The first kappa shape index (κ1) is 6.84. The molecule has 0 aliphatic rings. The van der Waals surface area contributed by atoms with E-state index in [1.165, 1.54) is 0 Å². The Labute approximate surface area is 68.0 Å². The highest BCUT2D eigenvalue weighted by atomic mass is 16.4. The van der Waals surface area contributed by atoms with Gasteiger partial charge in [0.2, 0.25) is 0 Å². The Bertz CT molecular complexity index is 390. The number of aryl methyl sites for hydroxylation is 1. The van der Waals surface area contributed by atoms with Gasteiger partial charge in [-0.2, -0.15) is 0 Å². The Morgan fingerprint density at radius 3 is 2.83 bits per heavy atom. The second-order valence-corrected chi connectivity index (χ2v) is 2.34. The van der Waals surface area contributed by atoms with Gasteiger partial charge in [-0.25, -0.2) is 4.98 Å². The molecular formula is C6H7N5O. The molecule has 6 nitrogen and oxygen atoms in total. The second kappa shape index (κ2) is 2.33. The highest BCUT2D eigenvalue weighted by Crippen LogP contribution is 2.16. The largest absolute Gasteiger partial charge is 0.402 e. The molecule has 0 aliphatic carbocycles. The normalized spacial score (nSPS) is 10.4. The maximum Gasteiger partial charge on any atom is 0.313 e. The van der Waals surface area contributed by atoms with Crippen molar-refractivity contribution in [1.82, 2.24) is 19.7 Å². The van der Waals surface area contributed by atoms with Gasteiger partial charge in [-0.15, -0.1) is 5.10 Å². The summed E-state index contributed by atoms with van der Waals surface area (Å²) in [4.78, 5) is 3.90. The Balaban J connectivity index is 2.50. The van der Waals surface area contributed by atoms with Crippen LogP contribution in [-0.4, -0.2) is 19.7 Å². The number of hydrogen-bond donors (Lipinski definition) is 1. The van der Waals surface area contributed by atoms with Crippen LogP contribution in [0.15, 0.2) is 16.9 Å². The Morgan fingerprint density at radius 1 is 1.50 bits per heavy atom.